The molecule has 1 aromatic heterocycles. The minimum atomic E-state index is -0.242. The number of hydrogen-bond donors (Lipinski definition) is 0. The van der Waals surface area contributed by atoms with Crippen LogP contribution in [0.5, 0.6) is 0 Å². The third kappa shape index (κ3) is 4.80. The van der Waals surface area contributed by atoms with Crippen molar-refractivity contribution in [1.29, 1.82) is 0 Å². The number of halogens is 1. The van der Waals surface area contributed by atoms with E-state index in [2.05, 4.69) is 45.4 Å². The van der Waals surface area contributed by atoms with Crippen molar-refractivity contribution in [3.8, 4) is 0 Å². The highest BCUT2D eigenvalue weighted by atomic mass is 19.1. The fourth-order valence-electron chi connectivity index (χ4n) is 3.82. The van der Waals surface area contributed by atoms with Crippen molar-refractivity contribution in [1.82, 2.24) is 15.0 Å². The molecule has 0 spiro atoms. The van der Waals surface area contributed by atoms with Crippen LogP contribution in [0.4, 0.5) is 4.39 Å². The summed E-state index contributed by atoms with van der Waals surface area (Å²) in [4.78, 5) is 6.89. The monoisotopic (exact) mass is 365 g/mol. The second kappa shape index (κ2) is 8.44. The summed E-state index contributed by atoms with van der Waals surface area (Å²) in [6, 6.07) is 17.3. The Morgan fingerprint density at radius 3 is 2.78 bits per heavy atom. The van der Waals surface area contributed by atoms with Gasteiger partial charge in [0.05, 0.1) is 6.54 Å². The second-order valence-corrected chi connectivity index (χ2v) is 7.23. The van der Waals surface area contributed by atoms with Gasteiger partial charge in [-0.1, -0.05) is 47.6 Å². The van der Waals surface area contributed by atoms with Crippen molar-refractivity contribution in [2.75, 3.05) is 13.1 Å². The van der Waals surface area contributed by atoms with Gasteiger partial charge >= 0.3 is 0 Å². The van der Waals surface area contributed by atoms with E-state index in [0.29, 0.717) is 30.6 Å². The molecule has 5 heteroatoms. The van der Waals surface area contributed by atoms with Crippen LogP contribution in [0.1, 0.15) is 48.0 Å². The summed E-state index contributed by atoms with van der Waals surface area (Å²) in [5, 5.41) is 4.06. The van der Waals surface area contributed by atoms with Gasteiger partial charge in [0.25, 0.3) is 0 Å². The zero-order chi connectivity index (χ0) is 18.5. The molecule has 2 aromatic carbocycles. The van der Waals surface area contributed by atoms with Crippen LogP contribution >= 0.6 is 0 Å². The fourth-order valence-corrected chi connectivity index (χ4v) is 3.82. The van der Waals surface area contributed by atoms with Gasteiger partial charge in [-0.2, -0.15) is 4.98 Å². The van der Waals surface area contributed by atoms with Crippen molar-refractivity contribution in [2.45, 2.75) is 38.1 Å². The highest BCUT2D eigenvalue weighted by Crippen LogP contribution is 2.28. The Labute approximate surface area is 159 Å². The van der Waals surface area contributed by atoms with E-state index in [9.17, 15) is 4.39 Å². The summed E-state index contributed by atoms with van der Waals surface area (Å²) in [7, 11) is 0. The molecule has 2 heterocycles. The van der Waals surface area contributed by atoms with E-state index in [1.165, 1.54) is 30.5 Å². The lowest BCUT2D eigenvalue weighted by atomic mass is 9.92. The van der Waals surface area contributed by atoms with E-state index in [1.807, 2.05) is 6.07 Å². The maximum atomic E-state index is 13.3. The van der Waals surface area contributed by atoms with Crippen molar-refractivity contribution >= 4 is 0 Å². The molecule has 1 fully saturated rings. The Morgan fingerprint density at radius 1 is 1.04 bits per heavy atom. The molecule has 0 bridgehead atoms. The lowest BCUT2D eigenvalue weighted by molar-refractivity contribution is 0.233. The summed E-state index contributed by atoms with van der Waals surface area (Å²) in [5.41, 5.74) is 2.29. The van der Waals surface area contributed by atoms with Gasteiger partial charge in [0.1, 0.15) is 5.82 Å². The van der Waals surface area contributed by atoms with Crippen LogP contribution in [0, 0.1) is 5.82 Å². The first-order valence-electron chi connectivity index (χ1n) is 9.59. The smallest absolute Gasteiger partial charge is 0.240 e. The van der Waals surface area contributed by atoms with Gasteiger partial charge in [0.15, 0.2) is 5.82 Å². The molecule has 1 aliphatic heterocycles. The van der Waals surface area contributed by atoms with E-state index in [4.69, 9.17) is 4.52 Å². The molecular formula is C22H24FN3O. The maximum absolute atomic E-state index is 13.3. The van der Waals surface area contributed by atoms with Crippen molar-refractivity contribution in [2.24, 2.45) is 0 Å². The molecule has 1 atom stereocenters. The highest BCUT2D eigenvalue weighted by Gasteiger charge is 2.20. The molecule has 0 amide bonds. The number of likely N-dealkylation sites (tertiary alicyclic amines) is 1. The Hall–Kier alpha value is -2.53. The highest BCUT2D eigenvalue weighted by molar-refractivity contribution is 5.20. The molecule has 1 unspecified atom stereocenters. The van der Waals surface area contributed by atoms with E-state index in [-0.39, 0.29) is 5.82 Å². The number of nitrogens with zero attached hydrogens (tertiary/aromatic N) is 3. The Bertz CT molecular complexity index is 865. The number of aromatic nitrogens is 2. The first-order chi connectivity index (χ1) is 13.3. The average Bonchev–Trinajstić information content (AvgIpc) is 2.97. The molecular weight excluding hydrogens is 341 g/mol. The van der Waals surface area contributed by atoms with Gasteiger partial charge in [0.2, 0.25) is 5.89 Å². The summed E-state index contributed by atoms with van der Waals surface area (Å²) in [6.07, 6.45) is 4.02. The standard InChI is InChI=1S/C22H24FN3O/c23-20-10-4-6-17(14-20)15-21-24-22(27-25-21)16-26-12-5-9-19(11-13-26)18-7-2-1-3-8-18/h1-4,6-8,10,14,19H,5,9,11-13,15-16H2. The minimum absolute atomic E-state index is 0.242. The predicted molar refractivity (Wildman–Crippen MR) is 102 cm³/mol. The van der Waals surface area contributed by atoms with E-state index in [0.717, 1.165) is 25.1 Å². The molecule has 1 aliphatic rings. The van der Waals surface area contributed by atoms with Gasteiger partial charge in [-0.15, -0.1) is 0 Å². The largest absolute Gasteiger partial charge is 0.338 e. The predicted octanol–water partition coefficient (Wildman–Crippen LogP) is 4.57. The Balaban J connectivity index is 1.34. The van der Waals surface area contributed by atoms with Gasteiger partial charge in [-0.05, 0) is 61.5 Å². The average molecular weight is 365 g/mol. The summed E-state index contributed by atoms with van der Waals surface area (Å²) in [6.45, 7) is 2.75. The van der Waals surface area contributed by atoms with E-state index < -0.39 is 0 Å². The zero-order valence-electron chi connectivity index (χ0n) is 15.4. The van der Waals surface area contributed by atoms with Crippen LogP contribution in [-0.2, 0) is 13.0 Å². The fraction of sp³-hybridized carbons (Fsp3) is 0.364. The molecule has 3 aromatic rings. The molecule has 0 radical (unpaired) electrons. The summed E-state index contributed by atoms with van der Waals surface area (Å²) < 4.78 is 18.7. The minimum Gasteiger partial charge on any atom is -0.338 e. The molecule has 4 nitrogen and oxygen atoms in total. The van der Waals surface area contributed by atoms with Gasteiger partial charge in [-0.25, -0.2) is 4.39 Å². The van der Waals surface area contributed by atoms with Crippen molar-refractivity contribution in [3.63, 3.8) is 0 Å². The lowest BCUT2D eigenvalue weighted by Gasteiger charge is -2.18. The van der Waals surface area contributed by atoms with Gasteiger partial charge in [-0.3, -0.25) is 4.90 Å². The Morgan fingerprint density at radius 2 is 1.93 bits per heavy atom. The lowest BCUT2D eigenvalue weighted by Crippen LogP contribution is -2.24. The Kier molecular flexibility index (Phi) is 5.58. The van der Waals surface area contributed by atoms with Gasteiger partial charge in [0, 0.05) is 6.42 Å². The molecule has 0 N–H and O–H groups in total. The topological polar surface area (TPSA) is 42.2 Å². The van der Waals surface area contributed by atoms with Crippen LogP contribution in [-0.4, -0.2) is 28.1 Å². The number of rotatable bonds is 5. The van der Waals surface area contributed by atoms with Crippen LogP contribution in [0.15, 0.2) is 59.1 Å². The second-order valence-electron chi connectivity index (χ2n) is 7.23. The molecule has 0 aliphatic carbocycles. The zero-order valence-corrected chi connectivity index (χ0v) is 15.4. The van der Waals surface area contributed by atoms with E-state index >= 15 is 0 Å². The van der Waals surface area contributed by atoms with Gasteiger partial charge < -0.3 is 4.52 Å². The van der Waals surface area contributed by atoms with Crippen LogP contribution in [0.3, 0.4) is 0 Å². The summed E-state index contributed by atoms with van der Waals surface area (Å²) >= 11 is 0. The SMILES string of the molecule is Fc1cccc(Cc2noc(CN3CCCC(c4ccccc4)CC3)n2)c1. The van der Waals surface area contributed by atoms with Crippen molar-refractivity contribution < 1.29 is 8.91 Å². The molecule has 1 saturated heterocycles. The summed E-state index contributed by atoms with van der Waals surface area (Å²) in [5.74, 6) is 1.63. The molecule has 27 heavy (non-hydrogen) atoms. The quantitative estimate of drug-likeness (QED) is 0.664. The van der Waals surface area contributed by atoms with Crippen molar-refractivity contribution in [3.05, 3.63) is 83.3 Å². The third-order valence-corrected chi connectivity index (χ3v) is 5.21. The van der Waals surface area contributed by atoms with Crippen LogP contribution in [0.25, 0.3) is 0 Å². The normalized spacial score (nSPS) is 18.3. The maximum Gasteiger partial charge on any atom is 0.240 e. The molecule has 0 saturated carbocycles. The molecule has 4 rings (SSSR count). The van der Waals surface area contributed by atoms with Crippen LogP contribution in [0.2, 0.25) is 0 Å². The first kappa shape index (κ1) is 17.9. The number of hydrogen-bond acceptors (Lipinski definition) is 4. The third-order valence-electron chi connectivity index (χ3n) is 5.21. The first-order valence-corrected chi connectivity index (χ1v) is 9.59. The van der Waals surface area contributed by atoms with E-state index in [1.54, 1.807) is 6.07 Å². The number of benzene rings is 2. The van der Waals surface area contributed by atoms with Crippen LogP contribution < -0.4 is 0 Å². The molecule has 140 valence electrons.